The molecule has 2 aromatic carbocycles. The van der Waals surface area contributed by atoms with Crippen molar-refractivity contribution >= 4 is 11.6 Å². The van der Waals surface area contributed by atoms with E-state index in [9.17, 15) is 5.11 Å². The molecule has 0 heterocycles. The van der Waals surface area contributed by atoms with Gasteiger partial charge in [0.05, 0.1) is 0 Å². The second kappa shape index (κ2) is 4.28. The molecule has 1 N–H and O–H groups in total. The van der Waals surface area contributed by atoms with Crippen LogP contribution in [0.1, 0.15) is 18.1 Å². The van der Waals surface area contributed by atoms with Crippen molar-refractivity contribution in [1.82, 2.24) is 0 Å². The van der Waals surface area contributed by atoms with Crippen LogP contribution in [0.25, 0.3) is 0 Å². The molecule has 0 radical (unpaired) electrons. The van der Waals surface area contributed by atoms with Gasteiger partial charge in [-0.15, -0.1) is 0 Å². The first kappa shape index (κ1) is 11.2. The summed E-state index contributed by atoms with van der Waals surface area (Å²) in [4.78, 5) is 0. The molecule has 0 unspecified atom stereocenters. The first-order chi connectivity index (χ1) is 7.60. The number of halogens is 1. The van der Waals surface area contributed by atoms with Gasteiger partial charge in [-0.25, -0.2) is 0 Å². The van der Waals surface area contributed by atoms with E-state index in [1.165, 1.54) is 0 Å². The molecule has 2 rings (SSSR count). The minimum absolute atomic E-state index is 0.674. The van der Waals surface area contributed by atoms with Crippen LogP contribution >= 0.6 is 11.6 Å². The molecular formula is C14H13ClO. The first-order valence-corrected chi connectivity index (χ1v) is 5.52. The van der Waals surface area contributed by atoms with Gasteiger partial charge in [0.25, 0.3) is 0 Å². The Balaban J connectivity index is 2.43. The van der Waals surface area contributed by atoms with E-state index in [-0.39, 0.29) is 0 Å². The van der Waals surface area contributed by atoms with Crippen molar-refractivity contribution in [3.8, 4) is 0 Å². The summed E-state index contributed by atoms with van der Waals surface area (Å²) in [6.45, 7) is 1.78. The molecule has 0 fully saturated rings. The van der Waals surface area contributed by atoms with E-state index >= 15 is 0 Å². The number of benzene rings is 2. The van der Waals surface area contributed by atoms with Gasteiger partial charge >= 0.3 is 0 Å². The summed E-state index contributed by atoms with van der Waals surface area (Å²) in [5.74, 6) is 0. The Kier molecular flexibility index (Phi) is 2.99. The van der Waals surface area contributed by atoms with E-state index in [2.05, 4.69) is 0 Å². The van der Waals surface area contributed by atoms with Crippen LogP contribution in [-0.4, -0.2) is 5.11 Å². The van der Waals surface area contributed by atoms with Gasteiger partial charge in [0.2, 0.25) is 0 Å². The number of aliphatic hydroxyl groups is 1. The molecule has 1 nitrogen and oxygen atoms in total. The average Bonchev–Trinajstić information content (AvgIpc) is 2.31. The highest BCUT2D eigenvalue weighted by molar-refractivity contribution is 6.30. The molecule has 0 aliphatic carbocycles. The highest BCUT2D eigenvalue weighted by Crippen LogP contribution is 2.29. The average molecular weight is 233 g/mol. The SMILES string of the molecule is C[C@](O)(c1ccccc1)c1ccc(Cl)cc1. The lowest BCUT2D eigenvalue weighted by molar-refractivity contribution is 0.102. The fourth-order valence-corrected chi connectivity index (χ4v) is 1.83. The summed E-state index contributed by atoms with van der Waals surface area (Å²) < 4.78 is 0. The van der Waals surface area contributed by atoms with E-state index in [4.69, 9.17) is 11.6 Å². The van der Waals surface area contributed by atoms with Crippen LogP contribution in [0.2, 0.25) is 5.02 Å². The van der Waals surface area contributed by atoms with Crippen molar-refractivity contribution in [3.05, 3.63) is 70.7 Å². The molecule has 0 aromatic heterocycles. The summed E-state index contributed by atoms with van der Waals surface area (Å²) in [5, 5.41) is 11.2. The first-order valence-electron chi connectivity index (χ1n) is 5.14. The summed E-state index contributed by atoms with van der Waals surface area (Å²) in [5.41, 5.74) is 0.728. The molecule has 1 atom stereocenters. The Morgan fingerprint density at radius 3 is 1.94 bits per heavy atom. The Bertz CT molecular complexity index is 460. The van der Waals surface area contributed by atoms with Crippen LogP contribution in [0.3, 0.4) is 0 Å². The molecule has 0 amide bonds. The third-order valence-electron chi connectivity index (χ3n) is 2.74. The lowest BCUT2D eigenvalue weighted by atomic mass is 9.88. The zero-order valence-corrected chi connectivity index (χ0v) is 9.78. The van der Waals surface area contributed by atoms with Crippen molar-refractivity contribution in [2.75, 3.05) is 0 Å². The lowest BCUT2D eigenvalue weighted by Gasteiger charge is -2.24. The Morgan fingerprint density at radius 1 is 0.875 bits per heavy atom. The summed E-state index contributed by atoms with van der Waals surface area (Å²) in [6.07, 6.45) is 0. The van der Waals surface area contributed by atoms with Gasteiger partial charge in [0.15, 0.2) is 0 Å². The molecule has 16 heavy (non-hydrogen) atoms. The zero-order valence-electron chi connectivity index (χ0n) is 9.02. The maximum atomic E-state index is 10.5. The predicted molar refractivity (Wildman–Crippen MR) is 66.6 cm³/mol. The van der Waals surface area contributed by atoms with Crippen LogP contribution in [0.4, 0.5) is 0 Å². The quantitative estimate of drug-likeness (QED) is 0.839. The summed E-state index contributed by atoms with van der Waals surface area (Å²) in [6, 6.07) is 16.8. The van der Waals surface area contributed by atoms with E-state index in [1.807, 2.05) is 42.5 Å². The maximum Gasteiger partial charge on any atom is 0.112 e. The second-order valence-corrected chi connectivity index (χ2v) is 4.38. The molecular weight excluding hydrogens is 220 g/mol. The number of hydrogen-bond acceptors (Lipinski definition) is 1. The number of rotatable bonds is 2. The monoisotopic (exact) mass is 232 g/mol. The topological polar surface area (TPSA) is 20.2 Å². The fraction of sp³-hybridized carbons (Fsp3) is 0.143. The maximum absolute atomic E-state index is 10.5. The van der Waals surface area contributed by atoms with E-state index < -0.39 is 5.60 Å². The van der Waals surface area contributed by atoms with Crippen molar-refractivity contribution in [3.63, 3.8) is 0 Å². The van der Waals surface area contributed by atoms with Crippen LogP contribution in [0, 0.1) is 0 Å². The van der Waals surface area contributed by atoms with E-state index in [0.29, 0.717) is 5.02 Å². The van der Waals surface area contributed by atoms with Crippen LogP contribution < -0.4 is 0 Å². The molecule has 0 bridgehead atoms. The minimum Gasteiger partial charge on any atom is -0.381 e. The summed E-state index contributed by atoms with van der Waals surface area (Å²) in [7, 11) is 0. The van der Waals surface area contributed by atoms with Gasteiger partial charge in [0.1, 0.15) is 5.60 Å². The van der Waals surface area contributed by atoms with Gasteiger partial charge in [-0.2, -0.15) is 0 Å². The molecule has 2 heteroatoms. The number of hydrogen-bond donors (Lipinski definition) is 1. The normalized spacial score (nSPS) is 14.4. The van der Waals surface area contributed by atoms with Crippen molar-refractivity contribution in [2.45, 2.75) is 12.5 Å². The third-order valence-corrected chi connectivity index (χ3v) is 2.99. The van der Waals surface area contributed by atoms with Gasteiger partial charge in [-0.05, 0) is 30.2 Å². The predicted octanol–water partition coefficient (Wildman–Crippen LogP) is 3.60. The van der Waals surface area contributed by atoms with Gasteiger partial charge in [0, 0.05) is 5.02 Å². The Hall–Kier alpha value is -1.31. The summed E-state index contributed by atoms with van der Waals surface area (Å²) >= 11 is 5.83. The van der Waals surface area contributed by atoms with Gasteiger partial charge in [-0.3, -0.25) is 0 Å². The van der Waals surface area contributed by atoms with E-state index in [0.717, 1.165) is 11.1 Å². The van der Waals surface area contributed by atoms with E-state index in [1.54, 1.807) is 19.1 Å². The van der Waals surface area contributed by atoms with Crippen LogP contribution in [0.15, 0.2) is 54.6 Å². The smallest absolute Gasteiger partial charge is 0.112 e. The molecule has 0 saturated carbocycles. The van der Waals surface area contributed by atoms with Crippen LogP contribution in [0.5, 0.6) is 0 Å². The molecule has 0 saturated heterocycles. The Morgan fingerprint density at radius 2 is 1.38 bits per heavy atom. The molecule has 2 aromatic rings. The molecule has 0 spiro atoms. The molecule has 82 valence electrons. The Labute approximate surface area is 100 Å². The van der Waals surface area contributed by atoms with Crippen LogP contribution in [-0.2, 0) is 5.60 Å². The van der Waals surface area contributed by atoms with Gasteiger partial charge < -0.3 is 5.11 Å². The highest BCUT2D eigenvalue weighted by Gasteiger charge is 2.24. The van der Waals surface area contributed by atoms with Crippen molar-refractivity contribution < 1.29 is 5.11 Å². The minimum atomic E-state index is -0.980. The zero-order chi connectivity index (χ0) is 11.6. The van der Waals surface area contributed by atoms with Crippen molar-refractivity contribution in [1.29, 1.82) is 0 Å². The second-order valence-electron chi connectivity index (χ2n) is 3.95. The van der Waals surface area contributed by atoms with Crippen molar-refractivity contribution in [2.24, 2.45) is 0 Å². The largest absolute Gasteiger partial charge is 0.381 e. The van der Waals surface area contributed by atoms with Gasteiger partial charge in [-0.1, -0.05) is 54.1 Å². The molecule has 0 aliphatic heterocycles. The third kappa shape index (κ3) is 2.11. The highest BCUT2D eigenvalue weighted by atomic mass is 35.5. The molecule has 0 aliphatic rings. The lowest BCUT2D eigenvalue weighted by Crippen LogP contribution is -2.22. The fourth-order valence-electron chi connectivity index (χ4n) is 1.70. The standard InChI is InChI=1S/C14H13ClO/c1-14(16,11-5-3-2-4-6-11)12-7-9-13(15)10-8-12/h2-10,16H,1H3/t14-/m0/s1.